The molecule has 0 saturated carbocycles. The van der Waals surface area contributed by atoms with Crippen molar-refractivity contribution in [3.63, 3.8) is 0 Å². The molecule has 1 atom stereocenters. The third kappa shape index (κ3) is 5.30. The van der Waals surface area contributed by atoms with Gasteiger partial charge < -0.3 is 24.4 Å². The lowest BCUT2D eigenvalue weighted by Gasteiger charge is -2.23. The third-order valence-electron chi connectivity index (χ3n) is 6.20. The topological polar surface area (TPSA) is 135 Å². The van der Waals surface area contributed by atoms with Gasteiger partial charge in [0, 0.05) is 5.56 Å². The van der Waals surface area contributed by atoms with E-state index in [1.54, 1.807) is 31.2 Å². The highest BCUT2D eigenvalue weighted by molar-refractivity contribution is 7.17. The molecule has 1 amide bonds. The average molecular weight is 553 g/mol. The maximum atomic E-state index is 13.5. The van der Waals surface area contributed by atoms with E-state index in [9.17, 15) is 24.6 Å². The van der Waals surface area contributed by atoms with E-state index in [-0.39, 0.29) is 32.6 Å². The summed E-state index contributed by atoms with van der Waals surface area (Å²) in [7, 11) is 2.60. The molecule has 2 N–H and O–H groups in total. The summed E-state index contributed by atoms with van der Waals surface area (Å²) in [4.78, 5) is 44.8. The molecule has 11 heteroatoms. The minimum absolute atomic E-state index is 0.0720. The third-order valence-corrected chi connectivity index (χ3v) is 7.34. The van der Waals surface area contributed by atoms with Gasteiger partial charge in [-0.25, -0.2) is 9.78 Å². The number of phenols is 1. The molecule has 2 heterocycles. The Kier molecular flexibility index (Phi) is 8.20. The van der Waals surface area contributed by atoms with Crippen molar-refractivity contribution in [2.45, 2.75) is 32.7 Å². The van der Waals surface area contributed by atoms with Crippen LogP contribution in [0.2, 0.25) is 0 Å². The molecule has 0 spiro atoms. The molecule has 39 heavy (non-hydrogen) atoms. The van der Waals surface area contributed by atoms with Gasteiger partial charge in [0.25, 0.3) is 5.78 Å². The molecule has 0 radical (unpaired) electrons. The summed E-state index contributed by atoms with van der Waals surface area (Å²) in [6, 6.07) is 9.82. The summed E-state index contributed by atoms with van der Waals surface area (Å²) >= 11 is 0.892. The second-order valence-electron chi connectivity index (χ2n) is 8.73. The quantitative estimate of drug-likeness (QED) is 0.127. The van der Waals surface area contributed by atoms with Crippen molar-refractivity contribution in [1.82, 2.24) is 4.98 Å². The van der Waals surface area contributed by atoms with Crippen LogP contribution in [-0.4, -0.2) is 53.7 Å². The summed E-state index contributed by atoms with van der Waals surface area (Å²) in [6.45, 7) is 4.12. The van der Waals surface area contributed by atoms with Crippen molar-refractivity contribution in [1.29, 1.82) is 0 Å². The van der Waals surface area contributed by atoms with E-state index >= 15 is 0 Å². The fraction of sp³-hybridized carbons (Fsp3) is 0.286. The zero-order valence-electron chi connectivity index (χ0n) is 21.9. The SMILES string of the molecule is CCCCOc1cccc(/C(O)=C2\C(=O)C(=O)N(c3nc(C)c(C(=O)OC)s3)C2c2ccc(O)c(OC)c2)c1. The molecule has 4 rings (SSSR count). The number of aliphatic hydroxyl groups is 1. The summed E-state index contributed by atoms with van der Waals surface area (Å²) in [5, 5.41) is 21.6. The molecule has 1 saturated heterocycles. The molecule has 0 bridgehead atoms. The van der Waals surface area contributed by atoms with Crippen LogP contribution in [0.25, 0.3) is 5.76 Å². The van der Waals surface area contributed by atoms with Crippen molar-refractivity contribution in [3.05, 3.63) is 69.7 Å². The van der Waals surface area contributed by atoms with Gasteiger partial charge in [-0.1, -0.05) is 42.9 Å². The van der Waals surface area contributed by atoms with Gasteiger partial charge in [0.15, 0.2) is 16.6 Å². The number of carbonyl (C=O) groups excluding carboxylic acids is 3. The smallest absolute Gasteiger partial charge is 0.350 e. The Bertz CT molecular complexity index is 1460. The van der Waals surface area contributed by atoms with Crippen molar-refractivity contribution >= 4 is 39.9 Å². The van der Waals surface area contributed by atoms with Crippen molar-refractivity contribution in [3.8, 4) is 17.2 Å². The molecule has 1 fully saturated rings. The molecule has 1 aliphatic rings. The number of unbranched alkanes of at least 4 members (excludes halogenated alkanes) is 1. The predicted molar refractivity (Wildman–Crippen MR) is 144 cm³/mol. The first kappa shape index (κ1) is 27.6. The highest BCUT2D eigenvalue weighted by atomic mass is 32.1. The van der Waals surface area contributed by atoms with Crippen LogP contribution in [0.5, 0.6) is 17.2 Å². The largest absolute Gasteiger partial charge is 0.507 e. The fourth-order valence-corrected chi connectivity index (χ4v) is 5.21. The first-order chi connectivity index (χ1) is 18.7. The van der Waals surface area contributed by atoms with Gasteiger partial charge in [-0.15, -0.1) is 0 Å². The molecule has 1 aromatic heterocycles. The highest BCUT2D eigenvalue weighted by Crippen LogP contribution is 2.45. The number of aryl methyl sites for hydroxylation is 1. The maximum Gasteiger partial charge on any atom is 0.350 e. The molecule has 10 nitrogen and oxygen atoms in total. The Balaban J connectivity index is 1.90. The van der Waals surface area contributed by atoms with Crippen LogP contribution in [0.4, 0.5) is 5.13 Å². The molecule has 3 aromatic rings. The number of anilines is 1. The monoisotopic (exact) mass is 552 g/mol. The van der Waals surface area contributed by atoms with Crippen molar-refractivity contribution in [2.75, 3.05) is 25.7 Å². The molecular formula is C28H28N2O8S. The number of ether oxygens (including phenoxy) is 3. The van der Waals surface area contributed by atoms with Crippen LogP contribution in [0.3, 0.4) is 0 Å². The van der Waals surface area contributed by atoms with E-state index in [1.165, 1.54) is 32.4 Å². The Morgan fingerprint density at radius 1 is 1.15 bits per heavy atom. The molecule has 204 valence electrons. The van der Waals surface area contributed by atoms with Crippen LogP contribution in [0.15, 0.2) is 48.0 Å². The zero-order valence-corrected chi connectivity index (χ0v) is 22.7. The van der Waals surface area contributed by atoms with Gasteiger partial charge >= 0.3 is 11.9 Å². The number of esters is 1. The number of carbonyl (C=O) groups is 3. The number of nitrogens with zero attached hydrogens (tertiary/aromatic N) is 2. The Morgan fingerprint density at radius 3 is 2.62 bits per heavy atom. The molecule has 2 aromatic carbocycles. The Labute approximate surface area is 229 Å². The first-order valence-corrected chi connectivity index (χ1v) is 13.0. The molecule has 0 aliphatic carbocycles. The first-order valence-electron chi connectivity index (χ1n) is 12.2. The number of aromatic hydroxyl groups is 1. The lowest BCUT2D eigenvalue weighted by molar-refractivity contribution is -0.132. The van der Waals surface area contributed by atoms with Crippen molar-refractivity contribution < 1.29 is 38.8 Å². The number of Topliss-reactive ketones (excluding diaryl/α,β-unsaturated/α-hetero) is 1. The lowest BCUT2D eigenvalue weighted by atomic mass is 9.95. The maximum absolute atomic E-state index is 13.5. The van der Waals surface area contributed by atoms with Crippen LogP contribution in [-0.2, 0) is 14.3 Å². The van der Waals surface area contributed by atoms with Crippen LogP contribution < -0.4 is 14.4 Å². The number of ketones is 1. The van der Waals surface area contributed by atoms with Crippen LogP contribution >= 0.6 is 11.3 Å². The van der Waals surface area contributed by atoms with Gasteiger partial charge in [-0.3, -0.25) is 14.5 Å². The van der Waals surface area contributed by atoms with Crippen LogP contribution in [0.1, 0.15) is 52.3 Å². The minimum Gasteiger partial charge on any atom is -0.507 e. The number of amides is 1. The number of phenolic OH excluding ortho intramolecular Hbond substituents is 1. The van der Waals surface area contributed by atoms with E-state index in [0.717, 1.165) is 29.1 Å². The van der Waals surface area contributed by atoms with Crippen molar-refractivity contribution in [2.24, 2.45) is 0 Å². The molecule has 1 aliphatic heterocycles. The number of hydrogen-bond acceptors (Lipinski definition) is 10. The zero-order chi connectivity index (χ0) is 28.3. The summed E-state index contributed by atoms with van der Waals surface area (Å²) in [5.74, 6) is -2.44. The number of thiazole rings is 1. The summed E-state index contributed by atoms with van der Waals surface area (Å²) < 4.78 is 15.8. The van der Waals surface area contributed by atoms with Gasteiger partial charge in [0.2, 0.25) is 0 Å². The standard InChI is InChI=1S/C28H28N2O8S/c1-5-6-12-38-18-9-7-8-17(13-18)23(32)21-22(16-10-11-19(31)20(14-16)36-3)30(26(34)24(21)33)28-29-15(2)25(39-28)27(35)37-4/h7-11,13-14,22,31-32H,5-6,12H2,1-4H3/b23-21+. The van der Waals surface area contributed by atoms with E-state index in [2.05, 4.69) is 4.98 Å². The second kappa shape index (κ2) is 11.6. The lowest BCUT2D eigenvalue weighted by Crippen LogP contribution is -2.29. The number of methoxy groups -OCH3 is 2. The minimum atomic E-state index is -1.14. The fourth-order valence-electron chi connectivity index (χ4n) is 4.20. The second-order valence-corrected chi connectivity index (χ2v) is 9.71. The molecule has 1 unspecified atom stereocenters. The van der Waals surface area contributed by atoms with Gasteiger partial charge in [-0.05, 0) is 43.2 Å². The summed E-state index contributed by atoms with van der Waals surface area (Å²) in [6.07, 6.45) is 1.80. The number of benzene rings is 2. The molecular weight excluding hydrogens is 524 g/mol. The number of hydrogen-bond donors (Lipinski definition) is 2. The highest BCUT2D eigenvalue weighted by Gasteiger charge is 2.48. The average Bonchev–Trinajstić information content (AvgIpc) is 3.44. The van der Waals surface area contributed by atoms with Gasteiger partial charge in [0.05, 0.1) is 38.1 Å². The van der Waals surface area contributed by atoms with E-state index in [4.69, 9.17) is 14.2 Å². The van der Waals surface area contributed by atoms with Gasteiger partial charge in [-0.2, -0.15) is 0 Å². The van der Waals surface area contributed by atoms with E-state index in [1.807, 2.05) is 6.92 Å². The number of aromatic nitrogens is 1. The number of rotatable bonds is 9. The van der Waals surface area contributed by atoms with E-state index in [0.29, 0.717) is 23.6 Å². The normalized spacial score (nSPS) is 16.4. The van der Waals surface area contributed by atoms with Crippen LogP contribution in [0, 0.1) is 6.92 Å². The predicted octanol–water partition coefficient (Wildman–Crippen LogP) is 4.76. The summed E-state index contributed by atoms with van der Waals surface area (Å²) in [5.41, 5.74) is 0.783. The Hall–Kier alpha value is -4.38. The van der Waals surface area contributed by atoms with Gasteiger partial charge in [0.1, 0.15) is 16.4 Å². The van der Waals surface area contributed by atoms with E-state index < -0.39 is 29.5 Å². The number of aliphatic hydroxyl groups excluding tert-OH is 1. The Morgan fingerprint density at radius 2 is 1.92 bits per heavy atom.